The molecule has 0 heterocycles. The summed E-state index contributed by atoms with van der Waals surface area (Å²) < 4.78 is 12.9. The fraction of sp³-hybridized carbons (Fsp3) is 0.167. The van der Waals surface area contributed by atoms with E-state index in [4.69, 9.17) is 0 Å². The molecule has 3 rings (SSSR count). The highest BCUT2D eigenvalue weighted by atomic mass is 19.1. The molecule has 0 radical (unpaired) electrons. The topological polar surface area (TPSA) is 29.1 Å². The number of hydrogen-bond acceptors (Lipinski definition) is 1. The fourth-order valence-corrected chi connectivity index (χ4v) is 2.61. The first kappa shape index (κ1) is 13.6. The summed E-state index contributed by atoms with van der Waals surface area (Å²) in [7, 11) is 0. The van der Waals surface area contributed by atoms with Crippen LogP contribution in [0.15, 0.2) is 71.4 Å². The van der Waals surface area contributed by atoms with Crippen molar-refractivity contribution in [1.82, 2.24) is 5.32 Å². The second kappa shape index (κ2) is 5.52. The zero-order chi connectivity index (χ0) is 14.8. The number of carbonyl (C=O) groups excluding carboxylic acids is 1. The number of fused-ring (bicyclic) bond motifs is 1. The molecule has 1 aromatic carbocycles. The van der Waals surface area contributed by atoms with Crippen molar-refractivity contribution in [2.75, 3.05) is 0 Å². The Kier molecular flexibility index (Phi) is 3.57. The second-order valence-electron chi connectivity index (χ2n) is 5.35. The highest BCUT2D eigenvalue weighted by Crippen LogP contribution is 2.29. The van der Waals surface area contributed by atoms with Crippen molar-refractivity contribution >= 4 is 5.91 Å². The van der Waals surface area contributed by atoms with Crippen molar-refractivity contribution in [2.24, 2.45) is 0 Å². The molecule has 1 N–H and O–H groups in total. The minimum absolute atomic E-state index is 0.0112. The molecule has 2 aliphatic rings. The fourth-order valence-electron chi connectivity index (χ4n) is 2.61. The van der Waals surface area contributed by atoms with Crippen LogP contribution in [0.5, 0.6) is 0 Å². The number of hydrogen-bond donors (Lipinski definition) is 1. The molecule has 0 aromatic heterocycles. The van der Waals surface area contributed by atoms with Gasteiger partial charge >= 0.3 is 0 Å². The molecule has 0 aliphatic heterocycles. The Morgan fingerprint density at radius 3 is 2.71 bits per heavy atom. The third-order valence-electron chi connectivity index (χ3n) is 3.65. The summed E-state index contributed by atoms with van der Waals surface area (Å²) in [5.74, 6) is -0.309. The standard InChI is InChI=1S/C18H16FNO/c1-12(11-13-5-8-15(19)9-6-13)20-18(21)17-10-7-14-3-2-4-16(14)17/h2-10,12H,11H2,1H3,(H,20,21). The second-order valence-corrected chi connectivity index (χ2v) is 5.35. The number of allylic oxidation sites excluding steroid dienone is 6. The van der Waals surface area contributed by atoms with E-state index >= 15 is 0 Å². The van der Waals surface area contributed by atoms with E-state index in [0.717, 1.165) is 16.7 Å². The SMILES string of the molecule is CC(Cc1ccc(F)cc1)NC(=O)C1=C2C=CC=C2C=C1. The Morgan fingerprint density at radius 2 is 1.95 bits per heavy atom. The number of rotatable bonds is 4. The number of benzene rings is 1. The zero-order valence-electron chi connectivity index (χ0n) is 11.8. The van der Waals surface area contributed by atoms with Crippen molar-refractivity contribution in [3.8, 4) is 0 Å². The Morgan fingerprint density at radius 1 is 1.19 bits per heavy atom. The molecule has 3 heteroatoms. The van der Waals surface area contributed by atoms with Gasteiger partial charge in [0.15, 0.2) is 0 Å². The Balaban J connectivity index is 1.64. The molecule has 1 unspecified atom stereocenters. The minimum atomic E-state index is -0.245. The van der Waals surface area contributed by atoms with Crippen LogP contribution in [0, 0.1) is 5.82 Å². The first-order valence-electron chi connectivity index (χ1n) is 7.00. The monoisotopic (exact) mass is 281 g/mol. The van der Waals surface area contributed by atoms with Crippen LogP contribution in [0.25, 0.3) is 0 Å². The summed E-state index contributed by atoms with van der Waals surface area (Å²) in [5.41, 5.74) is 3.79. The van der Waals surface area contributed by atoms with E-state index in [9.17, 15) is 9.18 Å². The third kappa shape index (κ3) is 2.87. The van der Waals surface area contributed by atoms with Gasteiger partial charge in [0, 0.05) is 11.6 Å². The molecule has 1 atom stereocenters. The molecule has 0 bridgehead atoms. The van der Waals surface area contributed by atoms with Gasteiger partial charge in [-0.25, -0.2) is 4.39 Å². The lowest BCUT2D eigenvalue weighted by Gasteiger charge is -2.14. The average Bonchev–Trinajstić information content (AvgIpc) is 3.03. The zero-order valence-corrected chi connectivity index (χ0v) is 11.8. The molecule has 0 saturated heterocycles. The maximum atomic E-state index is 12.9. The van der Waals surface area contributed by atoms with Gasteiger partial charge in [0.2, 0.25) is 0 Å². The number of halogens is 1. The van der Waals surface area contributed by atoms with E-state index in [0.29, 0.717) is 12.0 Å². The molecule has 0 fully saturated rings. The normalized spacial score (nSPS) is 17.0. The summed E-state index contributed by atoms with van der Waals surface area (Å²) in [6.45, 7) is 1.95. The van der Waals surface area contributed by atoms with E-state index in [-0.39, 0.29) is 17.8 Å². The van der Waals surface area contributed by atoms with Crippen LogP contribution < -0.4 is 5.32 Å². The Bertz CT molecular complexity index is 692. The van der Waals surface area contributed by atoms with Gasteiger partial charge in [-0.1, -0.05) is 36.4 Å². The number of nitrogens with one attached hydrogen (secondary N) is 1. The first-order chi connectivity index (χ1) is 10.1. The van der Waals surface area contributed by atoms with Crippen molar-refractivity contribution in [3.63, 3.8) is 0 Å². The van der Waals surface area contributed by atoms with Crippen LogP contribution in [-0.4, -0.2) is 11.9 Å². The van der Waals surface area contributed by atoms with E-state index < -0.39 is 0 Å². The van der Waals surface area contributed by atoms with Gasteiger partial charge in [-0.3, -0.25) is 4.79 Å². The predicted octanol–water partition coefficient (Wildman–Crippen LogP) is 3.24. The highest BCUT2D eigenvalue weighted by molar-refractivity contribution is 6.00. The van der Waals surface area contributed by atoms with Gasteiger partial charge in [0.05, 0.1) is 0 Å². The van der Waals surface area contributed by atoms with E-state index in [1.807, 2.05) is 37.3 Å². The van der Waals surface area contributed by atoms with Gasteiger partial charge in [0.25, 0.3) is 5.91 Å². The van der Waals surface area contributed by atoms with E-state index in [1.165, 1.54) is 12.1 Å². The summed E-state index contributed by atoms with van der Waals surface area (Å²) in [6, 6.07) is 6.36. The first-order valence-corrected chi connectivity index (χ1v) is 7.00. The van der Waals surface area contributed by atoms with Crippen molar-refractivity contribution < 1.29 is 9.18 Å². The quantitative estimate of drug-likeness (QED) is 0.902. The molecule has 0 saturated carbocycles. The molecule has 1 amide bonds. The van der Waals surface area contributed by atoms with Gasteiger partial charge in [0.1, 0.15) is 5.82 Å². The molecular weight excluding hydrogens is 265 g/mol. The van der Waals surface area contributed by atoms with E-state index in [2.05, 4.69) is 5.32 Å². The van der Waals surface area contributed by atoms with Crippen molar-refractivity contribution in [3.05, 3.63) is 82.7 Å². The highest BCUT2D eigenvalue weighted by Gasteiger charge is 2.21. The summed E-state index contributed by atoms with van der Waals surface area (Å²) in [4.78, 5) is 12.3. The summed E-state index contributed by atoms with van der Waals surface area (Å²) in [5, 5.41) is 2.99. The number of carbonyl (C=O) groups is 1. The van der Waals surface area contributed by atoms with Gasteiger partial charge in [-0.05, 0) is 48.3 Å². The van der Waals surface area contributed by atoms with E-state index in [1.54, 1.807) is 12.1 Å². The van der Waals surface area contributed by atoms with Crippen LogP contribution in [0.4, 0.5) is 4.39 Å². The summed E-state index contributed by atoms with van der Waals surface area (Å²) >= 11 is 0. The van der Waals surface area contributed by atoms with Crippen LogP contribution in [0.2, 0.25) is 0 Å². The third-order valence-corrected chi connectivity index (χ3v) is 3.65. The predicted molar refractivity (Wildman–Crippen MR) is 81.1 cm³/mol. The molecular formula is C18H16FNO. The van der Waals surface area contributed by atoms with Crippen LogP contribution in [0.1, 0.15) is 12.5 Å². The lowest BCUT2D eigenvalue weighted by Crippen LogP contribution is -2.34. The lowest BCUT2D eigenvalue weighted by atomic mass is 10.1. The molecule has 2 nitrogen and oxygen atoms in total. The average molecular weight is 281 g/mol. The molecule has 1 aromatic rings. The minimum Gasteiger partial charge on any atom is -0.349 e. The largest absolute Gasteiger partial charge is 0.349 e. The van der Waals surface area contributed by atoms with Crippen molar-refractivity contribution in [2.45, 2.75) is 19.4 Å². The smallest absolute Gasteiger partial charge is 0.252 e. The Hall–Kier alpha value is -2.42. The summed E-state index contributed by atoms with van der Waals surface area (Å²) in [6.07, 6.45) is 10.4. The lowest BCUT2D eigenvalue weighted by molar-refractivity contribution is -0.117. The van der Waals surface area contributed by atoms with Gasteiger partial charge in [-0.15, -0.1) is 0 Å². The molecule has 106 valence electrons. The van der Waals surface area contributed by atoms with Crippen molar-refractivity contribution in [1.29, 1.82) is 0 Å². The van der Waals surface area contributed by atoms with Gasteiger partial charge < -0.3 is 5.32 Å². The molecule has 2 aliphatic carbocycles. The van der Waals surface area contributed by atoms with Crippen LogP contribution >= 0.6 is 0 Å². The Labute approximate surface area is 123 Å². The molecule has 21 heavy (non-hydrogen) atoms. The molecule has 0 spiro atoms. The maximum absolute atomic E-state index is 12.9. The van der Waals surface area contributed by atoms with Gasteiger partial charge in [-0.2, -0.15) is 0 Å². The van der Waals surface area contributed by atoms with Crippen LogP contribution in [0.3, 0.4) is 0 Å². The number of amides is 1. The van der Waals surface area contributed by atoms with Crippen LogP contribution in [-0.2, 0) is 11.2 Å². The maximum Gasteiger partial charge on any atom is 0.252 e.